The summed E-state index contributed by atoms with van der Waals surface area (Å²) in [6.45, 7) is 4.18. The first-order chi connectivity index (χ1) is 11.3. The van der Waals surface area contributed by atoms with Crippen LogP contribution >= 0.6 is 0 Å². The molecule has 6 nitrogen and oxygen atoms in total. The Morgan fingerprint density at radius 3 is 2.25 bits per heavy atom. The number of aliphatic carboxylic acids is 1. The number of carboxylic acid groups (broad SMARTS) is 1. The van der Waals surface area contributed by atoms with E-state index in [1.165, 1.54) is 0 Å². The highest BCUT2D eigenvalue weighted by Crippen LogP contribution is 2.32. The minimum atomic E-state index is -0.990. The van der Waals surface area contributed by atoms with Gasteiger partial charge in [-0.2, -0.15) is 0 Å². The maximum absolute atomic E-state index is 12.2. The van der Waals surface area contributed by atoms with Crippen molar-refractivity contribution in [3.05, 3.63) is 35.4 Å². The van der Waals surface area contributed by atoms with Gasteiger partial charge in [0.15, 0.2) is 0 Å². The van der Waals surface area contributed by atoms with Crippen LogP contribution in [0.4, 0.5) is 0 Å². The second-order valence-corrected chi connectivity index (χ2v) is 6.67. The van der Waals surface area contributed by atoms with E-state index in [1.807, 2.05) is 13.8 Å². The van der Waals surface area contributed by atoms with Crippen molar-refractivity contribution in [2.24, 2.45) is 11.8 Å². The summed E-state index contributed by atoms with van der Waals surface area (Å²) in [5, 5.41) is 11.8. The molecule has 24 heavy (non-hydrogen) atoms. The van der Waals surface area contributed by atoms with Crippen LogP contribution in [0.1, 0.15) is 42.6 Å². The molecule has 2 N–H and O–H groups in total. The molecule has 1 aliphatic carbocycles. The highest BCUT2D eigenvalue weighted by molar-refractivity contribution is 5.96. The lowest BCUT2D eigenvalue weighted by Crippen LogP contribution is -2.42. The first kappa shape index (κ1) is 18.0. The molecule has 130 valence electrons. The van der Waals surface area contributed by atoms with Crippen LogP contribution in [-0.2, 0) is 16.1 Å². The third-order valence-corrected chi connectivity index (χ3v) is 4.15. The van der Waals surface area contributed by atoms with Crippen LogP contribution in [0.5, 0.6) is 0 Å². The molecule has 1 saturated carbocycles. The number of carboxylic acids is 1. The van der Waals surface area contributed by atoms with E-state index in [2.05, 4.69) is 5.32 Å². The van der Waals surface area contributed by atoms with Gasteiger partial charge in [0.2, 0.25) is 5.91 Å². The number of hydrogen-bond acceptors (Lipinski definition) is 3. The topological polar surface area (TPSA) is 86.7 Å². The monoisotopic (exact) mass is 332 g/mol. The fraction of sp³-hybridized carbons (Fsp3) is 0.500. The van der Waals surface area contributed by atoms with Gasteiger partial charge in [0.25, 0.3) is 5.91 Å². The summed E-state index contributed by atoms with van der Waals surface area (Å²) < 4.78 is 0. The van der Waals surface area contributed by atoms with Crippen LogP contribution in [0, 0.1) is 11.8 Å². The molecule has 2 rings (SSSR count). The number of nitrogens with one attached hydrogen (secondary N) is 1. The summed E-state index contributed by atoms with van der Waals surface area (Å²) in [7, 11) is 1.75. The second kappa shape index (κ2) is 7.47. The van der Waals surface area contributed by atoms with E-state index in [9.17, 15) is 14.4 Å². The molecular formula is C18H24N2O4. The Kier molecular flexibility index (Phi) is 5.59. The lowest BCUT2D eigenvalue weighted by Gasteiger charge is -2.19. The van der Waals surface area contributed by atoms with Gasteiger partial charge in [-0.05, 0) is 36.5 Å². The molecule has 1 aliphatic rings. The third kappa shape index (κ3) is 4.57. The van der Waals surface area contributed by atoms with Crippen molar-refractivity contribution in [1.29, 1.82) is 0 Å². The normalized spacial score (nSPS) is 15.0. The van der Waals surface area contributed by atoms with Crippen LogP contribution in [-0.4, -0.2) is 40.9 Å². The molecular weight excluding hydrogens is 308 g/mol. The zero-order valence-electron chi connectivity index (χ0n) is 14.3. The minimum Gasteiger partial charge on any atom is -0.480 e. The number of carbonyl (C=O) groups is 3. The number of hydrogen-bond donors (Lipinski definition) is 2. The Hall–Kier alpha value is -2.37. The number of benzene rings is 1. The summed E-state index contributed by atoms with van der Waals surface area (Å²) in [5.74, 6) is -1.33. The standard InChI is InChI=1S/C18H24N2O4/c1-11(2)17(22)20(3)10-12-4-6-14(7-5-12)16(21)19-15(18(23)24)13-8-9-13/h4-7,11,13,15H,8-10H2,1-3H3,(H,19,21)(H,23,24). The summed E-state index contributed by atoms with van der Waals surface area (Å²) in [5.41, 5.74) is 1.34. The Morgan fingerprint density at radius 2 is 1.79 bits per heavy atom. The number of nitrogens with zero attached hydrogens (tertiary/aromatic N) is 1. The number of amides is 2. The van der Waals surface area contributed by atoms with Crippen molar-refractivity contribution < 1.29 is 19.5 Å². The molecule has 6 heteroatoms. The maximum Gasteiger partial charge on any atom is 0.326 e. The van der Waals surface area contributed by atoms with Gasteiger partial charge in [0.1, 0.15) is 6.04 Å². The first-order valence-electron chi connectivity index (χ1n) is 8.17. The second-order valence-electron chi connectivity index (χ2n) is 6.67. The van der Waals surface area contributed by atoms with Gasteiger partial charge in [-0.1, -0.05) is 26.0 Å². The van der Waals surface area contributed by atoms with Gasteiger partial charge in [0.05, 0.1) is 0 Å². The van der Waals surface area contributed by atoms with Gasteiger partial charge in [0, 0.05) is 25.1 Å². The zero-order chi connectivity index (χ0) is 17.9. The number of rotatable bonds is 7. The van der Waals surface area contributed by atoms with E-state index < -0.39 is 12.0 Å². The molecule has 0 heterocycles. The highest BCUT2D eigenvalue weighted by Gasteiger charge is 2.37. The molecule has 0 bridgehead atoms. The Morgan fingerprint density at radius 1 is 1.21 bits per heavy atom. The molecule has 0 aliphatic heterocycles. The maximum atomic E-state index is 12.2. The van der Waals surface area contributed by atoms with E-state index in [0.29, 0.717) is 12.1 Å². The Labute approximate surface area is 141 Å². The van der Waals surface area contributed by atoms with Crippen LogP contribution in [0.2, 0.25) is 0 Å². The fourth-order valence-corrected chi connectivity index (χ4v) is 2.59. The van der Waals surface area contributed by atoms with Crippen molar-refractivity contribution in [2.75, 3.05) is 7.05 Å². The summed E-state index contributed by atoms with van der Waals surface area (Å²) >= 11 is 0. The van der Waals surface area contributed by atoms with Crippen LogP contribution in [0.15, 0.2) is 24.3 Å². The predicted octanol–water partition coefficient (Wildman–Crippen LogP) is 1.89. The van der Waals surface area contributed by atoms with E-state index in [1.54, 1.807) is 36.2 Å². The van der Waals surface area contributed by atoms with Gasteiger partial charge in [-0.25, -0.2) is 4.79 Å². The molecule has 1 aromatic carbocycles. The van der Waals surface area contributed by atoms with E-state index in [0.717, 1.165) is 18.4 Å². The third-order valence-electron chi connectivity index (χ3n) is 4.15. The summed E-state index contributed by atoms with van der Waals surface area (Å²) in [6.07, 6.45) is 1.68. The average Bonchev–Trinajstić information content (AvgIpc) is 3.36. The van der Waals surface area contributed by atoms with Crippen LogP contribution in [0.3, 0.4) is 0 Å². The number of carbonyl (C=O) groups excluding carboxylic acids is 2. The SMILES string of the molecule is CC(C)C(=O)N(C)Cc1ccc(C(=O)NC(C(=O)O)C2CC2)cc1. The van der Waals surface area contributed by atoms with Crippen LogP contribution in [0.25, 0.3) is 0 Å². The molecule has 1 aromatic rings. The molecule has 0 spiro atoms. The zero-order valence-corrected chi connectivity index (χ0v) is 14.3. The molecule has 0 saturated heterocycles. The fourth-order valence-electron chi connectivity index (χ4n) is 2.59. The first-order valence-corrected chi connectivity index (χ1v) is 8.17. The van der Waals surface area contributed by atoms with Gasteiger partial charge in [-0.15, -0.1) is 0 Å². The Bertz CT molecular complexity index is 620. The van der Waals surface area contributed by atoms with Crippen LogP contribution < -0.4 is 5.32 Å². The average molecular weight is 332 g/mol. The smallest absolute Gasteiger partial charge is 0.326 e. The van der Waals surface area contributed by atoms with E-state index in [4.69, 9.17) is 5.11 Å². The molecule has 1 atom stereocenters. The van der Waals surface area contributed by atoms with E-state index >= 15 is 0 Å². The van der Waals surface area contributed by atoms with Gasteiger partial charge < -0.3 is 15.3 Å². The van der Waals surface area contributed by atoms with Crippen molar-refractivity contribution in [1.82, 2.24) is 10.2 Å². The summed E-state index contributed by atoms with van der Waals surface area (Å²) in [4.78, 5) is 36.9. The summed E-state index contributed by atoms with van der Waals surface area (Å²) in [6, 6.07) is 6.07. The quantitative estimate of drug-likeness (QED) is 0.798. The van der Waals surface area contributed by atoms with Crippen molar-refractivity contribution in [3.8, 4) is 0 Å². The molecule has 0 radical (unpaired) electrons. The Balaban J connectivity index is 1.97. The minimum absolute atomic E-state index is 0.0430. The lowest BCUT2D eigenvalue weighted by atomic mass is 10.1. The largest absolute Gasteiger partial charge is 0.480 e. The predicted molar refractivity (Wildman–Crippen MR) is 89.4 cm³/mol. The molecule has 1 unspecified atom stereocenters. The van der Waals surface area contributed by atoms with Gasteiger partial charge in [-0.3, -0.25) is 9.59 Å². The molecule has 0 aromatic heterocycles. The lowest BCUT2D eigenvalue weighted by molar-refractivity contribution is -0.139. The van der Waals surface area contributed by atoms with E-state index in [-0.39, 0.29) is 23.7 Å². The molecule has 1 fully saturated rings. The van der Waals surface area contributed by atoms with Crippen molar-refractivity contribution in [3.63, 3.8) is 0 Å². The molecule has 2 amide bonds. The van der Waals surface area contributed by atoms with Crippen molar-refractivity contribution in [2.45, 2.75) is 39.3 Å². The van der Waals surface area contributed by atoms with Crippen molar-refractivity contribution >= 4 is 17.8 Å². The van der Waals surface area contributed by atoms with Gasteiger partial charge >= 0.3 is 5.97 Å². The highest BCUT2D eigenvalue weighted by atomic mass is 16.4.